The van der Waals surface area contributed by atoms with E-state index in [9.17, 15) is 9.59 Å². The molecule has 5 nitrogen and oxygen atoms in total. The molecule has 0 aliphatic rings. The van der Waals surface area contributed by atoms with E-state index in [0.29, 0.717) is 12.3 Å². The number of carbonyl (C=O) groups is 2. The van der Waals surface area contributed by atoms with E-state index in [2.05, 4.69) is 5.32 Å². The van der Waals surface area contributed by atoms with Gasteiger partial charge in [0, 0.05) is 11.8 Å². The van der Waals surface area contributed by atoms with Crippen molar-refractivity contribution in [2.45, 2.75) is 26.8 Å². The average molecular weight is 290 g/mol. The van der Waals surface area contributed by atoms with E-state index in [4.69, 9.17) is 10.5 Å². The number of ether oxygens (including phenoxy) is 1. The quantitative estimate of drug-likeness (QED) is 0.621. The zero-order valence-electron chi connectivity index (χ0n) is 12.6. The molecule has 1 aromatic rings. The molecule has 0 unspecified atom stereocenters. The lowest BCUT2D eigenvalue weighted by molar-refractivity contribution is -0.137. The van der Waals surface area contributed by atoms with Crippen molar-refractivity contribution in [3.63, 3.8) is 0 Å². The number of amides is 1. The molecular formula is C16H22N2O3. The van der Waals surface area contributed by atoms with E-state index in [1.54, 1.807) is 37.3 Å². The third-order valence-electron chi connectivity index (χ3n) is 2.90. The van der Waals surface area contributed by atoms with E-state index in [-0.39, 0.29) is 17.8 Å². The van der Waals surface area contributed by atoms with E-state index in [1.807, 2.05) is 13.8 Å². The van der Waals surface area contributed by atoms with Crippen LogP contribution in [0.2, 0.25) is 0 Å². The maximum Gasteiger partial charge on any atom is 0.330 e. The Morgan fingerprint density at radius 3 is 2.43 bits per heavy atom. The normalized spacial score (nSPS) is 12.4. The Morgan fingerprint density at radius 2 is 1.90 bits per heavy atom. The van der Waals surface area contributed by atoms with Gasteiger partial charge in [0.05, 0.1) is 12.6 Å². The van der Waals surface area contributed by atoms with Crippen molar-refractivity contribution in [3.8, 4) is 0 Å². The highest BCUT2D eigenvalue weighted by molar-refractivity contribution is 5.95. The largest absolute Gasteiger partial charge is 0.463 e. The third kappa shape index (κ3) is 5.79. The van der Waals surface area contributed by atoms with Crippen LogP contribution in [0, 0.1) is 5.92 Å². The Kier molecular flexibility index (Phi) is 6.62. The number of esters is 1. The summed E-state index contributed by atoms with van der Waals surface area (Å²) in [5.41, 5.74) is 7.29. The van der Waals surface area contributed by atoms with Crippen molar-refractivity contribution in [2.24, 2.45) is 11.7 Å². The van der Waals surface area contributed by atoms with Crippen LogP contribution in [0.15, 0.2) is 30.3 Å². The maximum absolute atomic E-state index is 11.8. The summed E-state index contributed by atoms with van der Waals surface area (Å²) < 4.78 is 4.79. The number of nitrogens with two attached hydrogens (primary N) is 1. The minimum absolute atomic E-state index is 0.0804. The van der Waals surface area contributed by atoms with Gasteiger partial charge >= 0.3 is 5.97 Å². The second-order valence-corrected chi connectivity index (χ2v) is 4.97. The van der Waals surface area contributed by atoms with Gasteiger partial charge in [0.15, 0.2) is 0 Å². The molecule has 1 amide bonds. The molecule has 0 aliphatic carbocycles. The SMILES string of the molecule is CCOC(=O)/C=C/c1ccc(NC(=O)[C@@H](N)C(C)C)cc1. The zero-order chi connectivity index (χ0) is 15.8. The van der Waals surface area contributed by atoms with Gasteiger partial charge in [0.25, 0.3) is 0 Å². The summed E-state index contributed by atoms with van der Waals surface area (Å²) >= 11 is 0. The van der Waals surface area contributed by atoms with Crippen molar-refractivity contribution < 1.29 is 14.3 Å². The van der Waals surface area contributed by atoms with Gasteiger partial charge in [-0.2, -0.15) is 0 Å². The molecule has 0 saturated heterocycles. The monoisotopic (exact) mass is 290 g/mol. The highest BCUT2D eigenvalue weighted by Gasteiger charge is 2.16. The summed E-state index contributed by atoms with van der Waals surface area (Å²) in [6.45, 7) is 5.90. The second-order valence-electron chi connectivity index (χ2n) is 4.97. The summed E-state index contributed by atoms with van der Waals surface area (Å²) in [6, 6.07) is 6.58. The molecule has 0 fully saturated rings. The lowest BCUT2D eigenvalue weighted by Crippen LogP contribution is -2.39. The van der Waals surface area contributed by atoms with Gasteiger partial charge in [0.1, 0.15) is 0 Å². The molecule has 114 valence electrons. The van der Waals surface area contributed by atoms with Crippen molar-refractivity contribution in [2.75, 3.05) is 11.9 Å². The minimum atomic E-state index is -0.534. The molecule has 1 atom stereocenters. The van der Waals surface area contributed by atoms with Gasteiger partial charge in [-0.1, -0.05) is 26.0 Å². The number of rotatable bonds is 6. The van der Waals surface area contributed by atoms with Crippen LogP contribution in [0.3, 0.4) is 0 Å². The van der Waals surface area contributed by atoms with Crippen LogP contribution < -0.4 is 11.1 Å². The zero-order valence-corrected chi connectivity index (χ0v) is 12.6. The number of hydrogen-bond donors (Lipinski definition) is 2. The van der Waals surface area contributed by atoms with E-state index in [0.717, 1.165) is 5.56 Å². The summed E-state index contributed by atoms with van der Waals surface area (Å²) in [5, 5.41) is 2.76. The fourth-order valence-electron chi connectivity index (χ4n) is 1.56. The third-order valence-corrected chi connectivity index (χ3v) is 2.90. The fourth-order valence-corrected chi connectivity index (χ4v) is 1.56. The standard InChI is InChI=1S/C16H22N2O3/c1-4-21-14(19)10-7-12-5-8-13(9-6-12)18-16(20)15(17)11(2)3/h5-11,15H,4,17H2,1-3H3,(H,18,20)/b10-7+/t15-/m0/s1. The van der Waals surface area contributed by atoms with Gasteiger partial charge in [-0.05, 0) is 36.6 Å². The molecule has 0 bridgehead atoms. The lowest BCUT2D eigenvalue weighted by atomic mass is 10.0. The highest BCUT2D eigenvalue weighted by Crippen LogP contribution is 2.12. The molecule has 0 heterocycles. The molecule has 3 N–H and O–H groups in total. The van der Waals surface area contributed by atoms with E-state index in [1.165, 1.54) is 6.08 Å². The average Bonchev–Trinajstić information content (AvgIpc) is 2.45. The van der Waals surface area contributed by atoms with Crippen molar-refractivity contribution >= 4 is 23.6 Å². The van der Waals surface area contributed by atoms with Gasteiger partial charge in [0.2, 0.25) is 5.91 Å². The van der Waals surface area contributed by atoms with Crippen LogP contribution in [0.25, 0.3) is 6.08 Å². The van der Waals surface area contributed by atoms with Crippen molar-refractivity contribution in [1.82, 2.24) is 0 Å². The Hall–Kier alpha value is -2.14. The first kappa shape index (κ1) is 16.9. The van der Waals surface area contributed by atoms with Crippen molar-refractivity contribution in [1.29, 1.82) is 0 Å². The summed E-state index contributed by atoms with van der Waals surface area (Å²) in [5.74, 6) is -0.505. The first-order chi connectivity index (χ1) is 9.93. The van der Waals surface area contributed by atoms with Crippen molar-refractivity contribution in [3.05, 3.63) is 35.9 Å². The van der Waals surface area contributed by atoms with Crippen LogP contribution in [0.4, 0.5) is 5.69 Å². The molecule has 21 heavy (non-hydrogen) atoms. The molecule has 0 radical (unpaired) electrons. The number of nitrogens with one attached hydrogen (secondary N) is 1. The molecule has 0 aromatic heterocycles. The Morgan fingerprint density at radius 1 is 1.29 bits per heavy atom. The molecule has 1 rings (SSSR count). The maximum atomic E-state index is 11.8. The molecule has 0 aliphatic heterocycles. The van der Waals surface area contributed by atoms with E-state index < -0.39 is 6.04 Å². The van der Waals surface area contributed by atoms with E-state index >= 15 is 0 Å². The molecular weight excluding hydrogens is 268 g/mol. The first-order valence-corrected chi connectivity index (χ1v) is 6.95. The summed E-state index contributed by atoms with van der Waals surface area (Å²) in [7, 11) is 0. The fraction of sp³-hybridized carbons (Fsp3) is 0.375. The minimum Gasteiger partial charge on any atom is -0.463 e. The Labute approximate surface area is 125 Å². The number of hydrogen-bond acceptors (Lipinski definition) is 4. The van der Waals surface area contributed by atoms with Gasteiger partial charge in [-0.25, -0.2) is 4.79 Å². The predicted molar refractivity (Wildman–Crippen MR) is 83.6 cm³/mol. The first-order valence-electron chi connectivity index (χ1n) is 6.95. The number of anilines is 1. The second kappa shape index (κ2) is 8.21. The molecule has 1 aromatic carbocycles. The summed E-state index contributed by atoms with van der Waals surface area (Å²) in [4.78, 5) is 23.0. The molecule has 0 spiro atoms. The van der Waals surface area contributed by atoms with Gasteiger partial charge < -0.3 is 15.8 Å². The van der Waals surface area contributed by atoms with Crippen LogP contribution in [0.1, 0.15) is 26.3 Å². The van der Waals surface area contributed by atoms with Crippen LogP contribution in [-0.2, 0) is 14.3 Å². The smallest absolute Gasteiger partial charge is 0.330 e. The Balaban J connectivity index is 2.62. The van der Waals surface area contributed by atoms with Crippen LogP contribution >= 0.6 is 0 Å². The predicted octanol–water partition coefficient (Wildman–Crippen LogP) is 2.18. The topological polar surface area (TPSA) is 81.4 Å². The highest BCUT2D eigenvalue weighted by atomic mass is 16.5. The van der Waals surface area contributed by atoms with Gasteiger partial charge in [-0.3, -0.25) is 4.79 Å². The lowest BCUT2D eigenvalue weighted by Gasteiger charge is -2.15. The van der Waals surface area contributed by atoms with Crippen LogP contribution in [0.5, 0.6) is 0 Å². The van der Waals surface area contributed by atoms with Gasteiger partial charge in [-0.15, -0.1) is 0 Å². The molecule has 0 saturated carbocycles. The Bertz CT molecular complexity index is 507. The molecule has 5 heteroatoms. The number of carbonyl (C=O) groups excluding carboxylic acids is 2. The van der Waals surface area contributed by atoms with Crippen LogP contribution in [-0.4, -0.2) is 24.5 Å². The number of benzene rings is 1. The summed E-state index contributed by atoms with van der Waals surface area (Å²) in [6.07, 6.45) is 3.02.